The Bertz CT molecular complexity index is 323. The average molecular weight is 186 g/mol. The molecular formula is C9H8F2O2. The lowest BCUT2D eigenvalue weighted by Crippen LogP contribution is -2.04. The molecule has 0 fully saturated rings. The summed E-state index contributed by atoms with van der Waals surface area (Å²) in [5.41, 5.74) is 0.0615. The van der Waals surface area contributed by atoms with Gasteiger partial charge in [-0.3, -0.25) is 4.79 Å². The third-order valence-corrected chi connectivity index (χ3v) is 1.59. The summed E-state index contributed by atoms with van der Waals surface area (Å²) < 4.78 is 29.3. The monoisotopic (exact) mass is 186 g/mol. The SMILES string of the molecule is COc1cc(F)ccc1C(=O)CF. The highest BCUT2D eigenvalue weighted by Crippen LogP contribution is 2.19. The number of hydrogen-bond acceptors (Lipinski definition) is 2. The van der Waals surface area contributed by atoms with E-state index in [9.17, 15) is 13.6 Å². The van der Waals surface area contributed by atoms with Gasteiger partial charge in [0, 0.05) is 6.07 Å². The number of methoxy groups -OCH3 is 1. The summed E-state index contributed by atoms with van der Waals surface area (Å²) in [6, 6.07) is 3.34. The van der Waals surface area contributed by atoms with Crippen LogP contribution < -0.4 is 4.74 Å². The van der Waals surface area contributed by atoms with Gasteiger partial charge in [0.25, 0.3) is 0 Å². The van der Waals surface area contributed by atoms with Gasteiger partial charge in [0.15, 0.2) is 12.5 Å². The number of carbonyl (C=O) groups excluding carboxylic acids is 1. The Labute approximate surface area is 74.1 Å². The standard InChI is InChI=1S/C9H8F2O2/c1-13-9-4-6(11)2-3-7(9)8(12)5-10/h2-4H,5H2,1H3. The van der Waals surface area contributed by atoms with Gasteiger partial charge in [-0.2, -0.15) is 0 Å². The summed E-state index contributed by atoms with van der Waals surface area (Å²) in [4.78, 5) is 10.9. The first-order valence-corrected chi connectivity index (χ1v) is 3.61. The molecule has 0 saturated carbocycles. The molecule has 1 aromatic carbocycles. The van der Waals surface area contributed by atoms with E-state index in [0.717, 1.165) is 12.1 Å². The van der Waals surface area contributed by atoms with Gasteiger partial charge in [-0.15, -0.1) is 0 Å². The Morgan fingerprint density at radius 3 is 2.77 bits per heavy atom. The Morgan fingerprint density at radius 2 is 2.23 bits per heavy atom. The molecule has 0 bridgehead atoms. The second-order valence-corrected chi connectivity index (χ2v) is 2.40. The molecule has 0 atom stereocenters. The van der Waals surface area contributed by atoms with Gasteiger partial charge in [0.1, 0.15) is 11.6 Å². The van der Waals surface area contributed by atoms with Crippen LogP contribution >= 0.6 is 0 Å². The fourth-order valence-electron chi connectivity index (χ4n) is 0.967. The van der Waals surface area contributed by atoms with Crippen LogP contribution in [0.1, 0.15) is 10.4 Å². The molecule has 70 valence electrons. The minimum absolute atomic E-state index is 0.0580. The Kier molecular flexibility index (Phi) is 2.95. The first kappa shape index (κ1) is 9.64. The van der Waals surface area contributed by atoms with Crippen LogP contribution in [0.3, 0.4) is 0 Å². The smallest absolute Gasteiger partial charge is 0.197 e. The van der Waals surface area contributed by atoms with Gasteiger partial charge in [0.05, 0.1) is 12.7 Å². The molecule has 4 heteroatoms. The number of alkyl halides is 1. The van der Waals surface area contributed by atoms with Gasteiger partial charge < -0.3 is 4.74 Å². The lowest BCUT2D eigenvalue weighted by Gasteiger charge is -2.04. The van der Waals surface area contributed by atoms with Crippen molar-refractivity contribution < 1.29 is 18.3 Å². The van der Waals surface area contributed by atoms with E-state index in [-0.39, 0.29) is 11.3 Å². The zero-order chi connectivity index (χ0) is 9.84. The molecule has 0 amide bonds. The number of halogens is 2. The molecule has 13 heavy (non-hydrogen) atoms. The number of hydrogen-bond donors (Lipinski definition) is 0. The first-order chi connectivity index (χ1) is 6.19. The number of benzene rings is 1. The number of ether oxygens (including phenoxy) is 1. The van der Waals surface area contributed by atoms with Crippen LogP contribution in [0.2, 0.25) is 0 Å². The van der Waals surface area contributed by atoms with E-state index in [1.54, 1.807) is 0 Å². The first-order valence-electron chi connectivity index (χ1n) is 3.61. The summed E-state index contributed by atoms with van der Waals surface area (Å²) in [5, 5.41) is 0. The lowest BCUT2D eigenvalue weighted by atomic mass is 10.1. The second kappa shape index (κ2) is 3.98. The van der Waals surface area contributed by atoms with Crippen molar-refractivity contribution in [3.63, 3.8) is 0 Å². The van der Waals surface area contributed by atoms with Crippen LogP contribution in [0.5, 0.6) is 5.75 Å². The fraction of sp³-hybridized carbons (Fsp3) is 0.222. The van der Waals surface area contributed by atoms with Gasteiger partial charge >= 0.3 is 0 Å². The molecule has 1 rings (SSSR count). The van der Waals surface area contributed by atoms with Crippen LogP contribution in [-0.4, -0.2) is 19.6 Å². The normalized spacial score (nSPS) is 9.77. The van der Waals surface area contributed by atoms with Crippen LogP contribution in [-0.2, 0) is 0 Å². The number of ketones is 1. The van der Waals surface area contributed by atoms with Crippen LogP contribution in [0.15, 0.2) is 18.2 Å². The second-order valence-electron chi connectivity index (χ2n) is 2.40. The summed E-state index contributed by atoms with van der Waals surface area (Å²) in [6.45, 7) is -1.11. The molecule has 0 heterocycles. The molecule has 0 aliphatic carbocycles. The minimum atomic E-state index is -1.11. The van der Waals surface area contributed by atoms with Crippen molar-refractivity contribution in [2.24, 2.45) is 0 Å². The van der Waals surface area contributed by atoms with Crippen LogP contribution in [0, 0.1) is 5.82 Å². The van der Waals surface area contributed by atoms with Crippen molar-refractivity contribution in [2.45, 2.75) is 0 Å². The molecule has 0 spiro atoms. The van der Waals surface area contributed by atoms with Crippen LogP contribution in [0.25, 0.3) is 0 Å². The maximum atomic E-state index is 12.6. The summed E-state index contributed by atoms with van der Waals surface area (Å²) in [7, 11) is 1.30. The molecular weight excluding hydrogens is 178 g/mol. The number of carbonyl (C=O) groups is 1. The topological polar surface area (TPSA) is 26.3 Å². The lowest BCUT2D eigenvalue weighted by molar-refractivity contribution is 0.0955. The molecule has 0 radical (unpaired) electrons. The predicted molar refractivity (Wildman–Crippen MR) is 43.3 cm³/mol. The average Bonchev–Trinajstić information content (AvgIpc) is 2.16. The Balaban J connectivity index is 3.13. The summed E-state index contributed by atoms with van der Waals surface area (Å²) in [6.07, 6.45) is 0. The van der Waals surface area contributed by atoms with Crippen molar-refractivity contribution in [1.29, 1.82) is 0 Å². The van der Waals surface area contributed by atoms with Crippen molar-refractivity contribution >= 4 is 5.78 Å². The molecule has 0 aromatic heterocycles. The van der Waals surface area contributed by atoms with E-state index in [1.807, 2.05) is 0 Å². The quantitative estimate of drug-likeness (QED) is 0.675. The molecule has 0 aliphatic rings. The summed E-state index contributed by atoms with van der Waals surface area (Å²) >= 11 is 0. The van der Waals surface area contributed by atoms with Gasteiger partial charge in [-0.25, -0.2) is 8.78 Å². The number of rotatable bonds is 3. The van der Waals surface area contributed by atoms with E-state index >= 15 is 0 Å². The highest BCUT2D eigenvalue weighted by molar-refractivity contribution is 5.99. The molecule has 0 N–H and O–H groups in total. The summed E-state index contributed by atoms with van der Waals surface area (Å²) in [5.74, 6) is -1.17. The van der Waals surface area contributed by atoms with E-state index in [2.05, 4.69) is 0 Å². The molecule has 2 nitrogen and oxygen atoms in total. The van der Waals surface area contributed by atoms with Crippen molar-refractivity contribution in [3.8, 4) is 5.75 Å². The maximum Gasteiger partial charge on any atom is 0.197 e. The highest BCUT2D eigenvalue weighted by Gasteiger charge is 2.11. The molecule has 1 aromatic rings. The van der Waals surface area contributed by atoms with E-state index in [0.29, 0.717) is 0 Å². The van der Waals surface area contributed by atoms with E-state index < -0.39 is 18.3 Å². The number of Topliss-reactive ketones (excluding diaryl/α,β-unsaturated/α-hetero) is 1. The van der Waals surface area contributed by atoms with Crippen molar-refractivity contribution in [3.05, 3.63) is 29.6 Å². The molecule has 0 unspecified atom stereocenters. The van der Waals surface area contributed by atoms with Gasteiger partial charge in [0.2, 0.25) is 0 Å². The van der Waals surface area contributed by atoms with Crippen LogP contribution in [0.4, 0.5) is 8.78 Å². The predicted octanol–water partition coefficient (Wildman–Crippen LogP) is 1.99. The molecule has 0 saturated heterocycles. The third kappa shape index (κ3) is 2.02. The van der Waals surface area contributed by atoms with E-state index in [1.165, 1.54) is 13.2 Å². The minimum Gasteiger partial charge on any atom is -0.496 e. The molecule has 0 aliphatic heterocycles. The Hall–Kier alpha value is -1.45. The zero-order valence-electron chi connectivity index (χ0n) is 7.01. The fourth-order valence-corrected chi connectivity index (χ4v) is 0.967. The highest BCUT2D eigenvalue weighted by atomic mass is 19.1. The largest absolute Gasteiger partial charge is 0.496 e. The Morgan fingerprint density at radius 1 is 1.54 bits per heavy atom. The third-order valence-electron chi connectivity index (χ3n) is 1.59. The van der Waals surface area contributed by atoms with Crippen molar-refractivity contribution in [2.75, 3.05) is 13.8 Å². The van der Waals surface area contributed by atoms with Crippen molar-refractivity contribution in [1.82, 2.24) is 0 Å². The van der Waals surface area contributed by atoms with E-state index in [4.69, 9.17) is 4.74 Å². The van der Waals surface area contributed by atoms with Gasteiger partial charge in [-0.05, 0) is 12.1 Å². The zero-order valence-corrected chi connectivity index (χ0v) is 7.01. The van der Waals surface area contributed by atoms with Gasteiger partial charge in [-0.1, -0.05) is 0 Å². The maximum absolute atomic E-state index is 12.6.